The third-order valence-electron chi connectivity index (χ3n) is 3.00. The van der Waals surface area contributed by atoms with E-state index in [1.807, 2.05) is 13.8 Å². The van der Waals surface area contributed by atoms with Crippen molar-refractivity contribution in [2.75, 3.05) is 19.7 Å². The van der Waals surface area contributed by atoms with Crippen molar-refractivity contribution in [3.05, 3.63) is 34.6 Å². The number of benzene rings is 1. The Balaban J connectivity index is 1.82. The first-order valence-electron chi connectivity index (χ1n) is 6.37. The summed E-state index contributed by atoms with van der Waals surface area (Å²) in [6, 6.07) is 4.91. The number of morpholine rings is 1. The van der Waals surface area contributed by atoms with Crippen LogP contribution in [0, 0.1) is 5.82 Å². The topological polar surface area (TPSA) is 30.5 Å². The molecule has 0 radical (unpaired) electrons. The lowest BCUT2D eigenvalue weighted by Crippen LogP contribution is -2.51. The van der Waals surface area contributed by atoms with Crippen LogP contribution in [0.1, 0.15) is 19.4 Å². The largest absolute Gasteiger partial charge is 0.374 e. The first kappa shape index (κ1) is 14.7. The monoisotopic (exact) mass is 287 g/mol. The molecule has 1 aliphatic rings. The molecular weight excluding hydrogens is 269 g/mol. The highest BCUT2D eigenvalue weighted by Crippen LogP contribution is 2.19. The van der Waals surface area contributed by atoms with Crippen LogP contribution in [-0.4, -0.2) is 31.4 Å². The van der Waals surface area contributed by atoms with E-state index in [0.717, 1.165) is 13.1 Å². The Morgan fingerprint density at radius 1 is 1.53 bits per heavy atom. The minimum Gasteiger partial charge on any atom is -0.374 e. The minimum absolute atomic E-state index is 0.00834. The van der Waals surface area contributed by atoms with Gasteiger partial charge in [-0.2, -0.15) is 0 Å². The Kier molecular flexibility index (Phi) is 4.79. The fourth-order valence-electron chi connectivity index (χ4n) is 2.12. The van der Waals surface area contributed by atoms with E-state index in [1.54, 1.807) is 12.1 Å². The van der Waals surface area contributed by atoms with Crippen molar-refractivity contribution >= 4 is 11.6 Å². The molecule has 1 atom stereocenters. The summed E-state index contributed by atoms with van der Waals surface area (Å²) in [7, 11) is 0. The maximum atomic E-state index is 13.6. The molecule has 1 aliphatic heterocycles. The molecule has 1 unspecified atom stereocenters. The normalized spacial score (nSPS) is 22.4. The van der Waals surface area contributed by atoms with E-state index in [-0.39, 0.29) is 23.3 Å². The van der Waals surface area contributed by atoms with E-state index in [9.17, 15) is 4.39 Å². The van der Waals surface area contributed by atoms with Gasteiger partial charge in [0.15, 0.2) is 0 Å². The summed E-state index contributed by atoms with van der Waals surface area (Å²) in [4.78, 5) is 0. The summed E-state index contributed by atoms with van der Waals surface area (Å²) in [5.74, 6) is -0.410. The smallest absolute Gasteiger partial charge is 0.147 e. The van der Waals surface area contributed by atoms with Crippen LogP contribution in [0.5, 0.6) is 0 Å². The zero-order chi connectivity index (χ0) is 13.9. The van der Waals surface area contributed by atoms with Gasteiger partial charge < -0.3 is 14.8 Å². The minimum atomic E-state index is -0.410. The van der Waals surface area contributed by atoms with Crippen LogP contribution >= 0.6 is 11.6 Å². The molecule has 1 heterocycles. The third-order valence-corrected chi connectivity index (χ3v) is 3.29. The van der Waals surface area contributed by atoms with E-state index in [1.165, 1.54) is 6.07 Å². The number of halogens is 2. The highest BCUT2D eigenvalue weighted by Gasteiger charge is 2.28. The zero-order valence-electron chi connectivity index (χ0n) is 11.2. The summed E-state index contributed by atoms with van der Waals surface area (Å²) < 4.78 is 25.0. The van der Waals surface area contributed by atoms with Crippen LogP contribution in [0.15, 0.2) is 18.2 Å². The predicted molar refractivity (Wildman–Crippen MR) is 72.9 cm³/mol. The molecule has 0 aliphatic carbocycles. The molecule has 1 fully saturated rings. The van der Waals surface area contributed by atoms with E-state index >= 15 is 0 Å². The molecule has 0 saturated carbocycles. The highest BCUT2D eigenvalue weighted by molar-refractivity contribution is 6.30. The summed E-state index contributed by atoms with van der Waals surface area (Å²) in [6.45, 7) is 6.27. The molecule has 1 saturated heterocycles. The molecule has 1 aromatic carbocycles. The van der Waals surface area contributed by atoms with Crippen molar-refractivity contribution in [3.63, 3.8) is 0 Å². The third kappa shape index (κ3) is 4.14. The van der Waals surface area contributed by atoms with Gasteiger partial charge in [-0.05, 0) is 19.9 Å². The highest BCUT2D eigenvalue weighted by atomic mass is 35.5. The SMILES string of the molecule is CC1(C)CNCC(COCc2cccc(Cl)c2F)O1. The second-order valence-corrected chi connectivity index (χ2v) is 5.77. The van der Waals surface area contributed by atoms with Crippen molar-refractivity contribution in [2.45, 2.75) is 32.2 Å². The van der Waals surface area contributed by atoms with Crippen LogP contribution in [0.2, 0.25) is 5.02 Å². The maximum Gasteiger partial charge on any atom is 0.147 e. The lowest BCUT2D eigenvalue weighted by atomic mass is 10.1. The van der Waals surface area contributed by atoms with E-state index in [0.29, 0.717) is 12.2 Å². The second kappa shape index (κ2) is 6.18. The van der Waals surface area contributed by atoms with Crippen LogP contribution in [0.25, 0.3) is 0 Å². The van der Waals surface area contributed by atoms with E-state index in [2.05, 4.69) is 5.32 Å². The quantitative estimate of drug-likeness (QED) is 0.924. The summed E-state index contributed by atoms with van der Waals surface area (Å²) in [5, 5.41) is 3.42. The molecular formula is C14H19ClFNO2. The van der Waals surface area contributed by atoms with Gasteiger partial charge in [-0.3, -0.25) is 0 Å². The molecule has 0 spiro atoms. The number of ether oxygens (including phenoxy) is 2. The molecule has 0 amide bonds. The van der Waals surface area contributed by atoms with Crippen LogP contribution in [0.4, 0.5) is 4.39 Å². The van der Waals surface area contributed by atoms with Crippen molar-refractivity contribution in [3.8, 4) is 0 Å². The van der Waals surface area contributed by atoms with Gasteiger partial charge in [0.2, 0.25) is 0 Å². The van der Waals surface area contributed by atoms with Crippen molar-refractivity contribution in [1.29, 1.82) is 0 Å². The van der Waals surface area contributed by atoms with Crippen molar-refractivity contribution in [1.82, 2.24) is 5.32 Å². The predicted octanol–water partition coefficient (Wildman–Crippen LogP) is 2.76. The molecule has 19 heavy (non-hydrogen) atoms. The Morgan fingerprint density at radius 3 is 3.05 bits per heavy atom. The van der Waals surface area contributed by atoms with E-state index in [4.69, 9.17) is 21.1 Å². The first-order valence-corrected chi connectivity index (χ1v) is 6.75. The van der Waals surface area contributed by atoms with Gasteiger partial charge in [-0.25, -0.2) is 4.39 Å². The molecule has 3 nitrogen and oxygen atoms in total. The van der Waals surface area contributed by atoms with Gasteiger partial charge >= 0.3 is 0 Å². The average Bonchev–Trinajstić information content (AvgIpc) is 2.33. The van der Waals surface area contributed by atoms with Gasteiger partial charge in [-0.1, -0.05) is 23.7 Å². The fraction of sp³-hybridized carbons (Fsp3) is 0.571. The summed E-state index contributed by atoms with van der Waals surface area (Å²) in [5.41, 5.74) is 0.281. The molecule has 1 N–H and O–H groups in total. The van der Waals surface area contributed by atoms with Crippen LogP contribution in [-0.2, 0) is 16.1 Å². The lowest BCUT2D eigenvalue weighted by Gasteiger charge is -2.36. The summed E-state index contributed by atoms with van der Waals surface area (Å²) in [6.07, 6.45) is -0.00834. The molecule has 1 aromatic rings. The number of hydrogen-bond acceptors (Lipinski definition) is 3. The van der Waals surface area contributed by atoms with Gasteiger partial charge in [0.05, 0.1) is 29.9 Å². The Hall–Kier alpha value is -0.680. The van der Waals surface area contributed by atoms with Gasteiger partial charge in [0.1, 0.15) is 5.82 Å². The molecule has 5 heteroatoms. The van der Waals surface area contributed by atoms with Gasteiger partial charge in [-0.15, -0.1) is 0 Å². The Bertz CT molecular complexity index is 439. The van der Waals surface area contributed by atoms with Crippen LogP contribution < -0.4 is 5.32 Å². The molecule has 0 bridgehead atoms. The molecule has 106 valence electrons. The maximum absolute atomic E-state index is 13.6. The van der Waals surface area contributed by atoms with Crippen molar-refractivity contribution < 1.29 is 13.9 Å². The van der Waals surface area contributed by atoms with E-state index < -0.39 is 5.82 Å². The van der Waals surface area contributed by atoms with Gasteiger partial charge in [0.25, 0.3) is 0 Å². The first-order chi connectivity index (χ1) is 8.98. The zero-order valence-corrected chi connectivity index (χ0v) is 12.0. The second-order valence-electron chi connectivity index (χ2n) is 5.36. The number of nitrogens with one attached hydrogen (secondary N) is 1. The average molecular weight is 288 g/mol. The molecule has 0 aromatic heterocycles. The van der Waals surface area contributed by atoms with Crippen molar-refractivity contribution in [2.24, 2.45) is 0 Å². The number of rotatable bonds is 4. The van der Waals surface area contributed by atoms with Gasteiger partial charge in [0, 0.05) is 18.7 Å². The molecule has 2 rings (SSSR count). The van der Waals surface area contributed by atoms with Crippen LogP contribution in [0.3, 0.4) is 0 Å². The summed E-state index contributed by atoms with van der Waals surface area (Å²) >= 11 is 5.71. The Morgan fingerprint density at radius 2 is 2.32 bits per heavy atom. The lowest BCUT2D eigenvalue weighted by molar-refractivity contribution is -0.122. The fourth-order valence-corrected chi connectivity index (χ4v) is 2.32. The standard InChI is InChI=1S/C14H19ClFNO2/c1-14(2)9-17-6-11(19-14)8-18-7-10-4-3-5-12(15)13(10)16/h3-5,11,17H,6-9H2,1-2H3. The Labute approximate surface area is 118 Å². The number of hydrogen-bond donors (Lipinski definition) is 1.